The van der Waals surface area contributed by atoms with Crippen molar-refractivity contribution in [1.29, 1.82) is 0 Å². The van der Waals surface area contributed by atoms with Gasteiger partial charge in [0, 0.05) is 25.4 Å². The molecule has 10 heteroatoms. The highest BCUT2D eigenvalue weighted by Gasteiger charge is 2.35. The molecule has 0 bridgehead atoms. The van der Waals surface area contributed by atoms with Crippen LogP contribution in [0.25, 0.3) is 0 Å². The first-order valence-electron chi connectivity index (χ1n) is 12.4. The second-order valence-electron chi connectivity index (χ2n) is 9.84. The number of sulfonamides is 1. The molecule has 2 aromatic carbocycles. The minimum absolute atomic E-state index is 0.0930. The van der Waals surface area contributed by atoms with E-state index in [1.165, 1.54) is 12.1 Å². The van der Waals surface area contributed by atoms with Crippen LogP contribution in [0.4, 0.5) is 0 Å². The van der Waals surface area contributed by atoms with Crippen molar-refractivity contribution in [2.45, 2.75) is 57.0 Å². The molecule has 1 aliphatic heterocycles. The number of hydrogen-bond donors (Lipinski definition) is 3. The van der Waals surface area contributed by atoms with Gasteiger partial charge in [-0.3, -0.25) is 9.59 Å². The molecular weight excluding hydrogens is 494 g/mol. The SMILES string of the molecule is Cc1ccc(S(=O)(=O)NC(C(=O)N2CCC(C(=O)NC(Cc3ccccc3)C(=O)O)CC2)C(C)C)cc1. The maximum atomic E-state index is 13.3. The Hall–Kier alpha value is -3.24. The summed E-state index contributed by atoms with van der Waals surface area (Å²) >= 11 is 0. The van der Waals surface area contributed by atoms with Gasteiger partial charge in [-0.25, -0.2) is 13.2 Å². The summed E-state index contributed by atoms with van der Waals surface area (Å²) in [7, 11) is -3.89. The van der Waals surface area contributed by atoms with E-state index in [0.29, 0.717) is 12.8 Å². The van der Waals surface area contributed by atoms with Gasteiger partial charge in [0.25, 0.3) is 0 Å². The van der Waals surface area contributed by atoms with Crippen molar-refractivity contribution in [2.24, 2.45) is 11.8 Å². The third-order valence-corrected chi connectivity index (χ3v) is 8.08. The molecule has 3 N–H and O–H groups in total. The highest BCUT2D eigenvalue weighted by atomic mass is 32.2. The highest BCUT2D eigenvalue weighted by molar-refractivity contribution is 7.89. The smallest absolute Gasteiger partial charge is 0.326 e. The second kappa shape index (κ2) is 12.3. The van der Waals surface area contributed by atoms with Gasteiger partial charge in [0.1, 0.15) is 12.1 Å². The summed E-state index contributed by atoms with van der Waals surface area (Å²) in [5.74, 6) is -2.51. The number of carboxylic acids is 1. The van der Waals surface area contributed by atoms with Gasteiger partial charge in [0.05, 0.1) is 4.90 Å². The molecule has 2 amide bonds. The molecule has 1 aliphatic rings. The lowest BCUT2D eigenvalue weighted by atomic mass is 9.94. The lowest BCUT2D eigenvalue weighted by Gasteiger charge is -2.35. The maximum Gasteiger partial charge on any atom is 0.326 e. The van der Waals surface area contributed by atoms with E-state index in [2.05, 4.69) is 10.0 Å². The number of likely N-dealkylation sites (tertiary alicyclic amines) is 1. The lowest BCUT2D eigenvalue weighted by Crippen LogP contribution is -2.54. The minimum Gasteiger partial charge on any atom is -0.480 e. The first kappa shape index (κ1) is 28.3. The van der Waals surface area contributed by atoms with E-state index in [1.807, 2.05) is 37.3 Å². The standard InChI is InChI=1S/C27H35N3O6S/c1-18(2)24(29-37(35,36)22-11-9-19(3)10-12-22)26(32)30-15-13-21(14-16-30)25(31)28-23(27(33)34)17-20-7-5-4-6-8-20/h4-12,18,21,23-24,29H,13-17H2,1-3H3,(H,28,31)(H,33,34). The van der Waals surface area contributed by atoms with Crippen molar-refractivity contribution in [3.8, 4) is 0 Å². The largest absolute Gasteiger partial charge is 0.480 e. The van der Waals surface area contributed by atoms with Crippen molar-refractivity contribution in [3.05, 3.63) is 65.7 Å². The number of nitrogens with zero attached hydrogens (tertiary/aromatic N) is 1. The minimum atomic E-state index is -3.89. The van der Waals surface area contributed by atoms with Gasteiger partial charge in [-0.05, 0) is 43.4 Å². The predicted octanol–water partition coefficient (Wildman–Crippen LogP) is 2.35. The fraction of sp³-hybridized carbons (Fsp3) is 0.444. The quantitative estimate of drug-likeness (QED) is 0.433. The van der Waals surface area contributed by atoms with Crippen LogP contribution in [0.5, 0.6) is 0 Å². The fourth-order valence-corrected chi connectivity index (χ4v) is 5.66. The summed E-state index contributed by atoms with van der Waals surface area (Å²) in [6.07, 6.45) is 0.909. The Bertz CT molecular complexity index is 1190. The molecule has 2 aromatic rings. The number of carboxylic acid groups (broad SMARTS) is 1. The third kappa shape index (κ3) is 7.62. The van der Waals surface area contributed by atoms with Crippen LogP contribution in [0.1, 0.15) is 37.8 Å². The zero-order valence-electron chi connectivity index (χ0n) is 21.4. The van der Waals surface area contributed by atoms with E-state index in [4.69, 9.17) is 0 Å². The number of amides is 2. The molecule has 0 saturated carbocycles. The molecule has 9 nitrogen and oxygen atoms in total. The molecule has 1 fully saturated rings. The summed E-state index contributed by atoms with van der Waals surface area (Å²) in [6.45, 7) is 5.98. The fourth-order valence-electron chi connectivity index (χ4n) is 4.32. The number of carbonyl (C=O) groups is 3. The van der Waals surface area contributed by atoms with Crippen molar-refractivity contribution >= 4 is 27.8 Å². The van der Waals surface area contributed by atoms with Gasteiger partial charge in [-0.2, -0.15) is 4.72 Å². The normalized spacial score (nSPS) is 16.3. The molecule has 2 unspecified atom stereocenters. The Kier molecular flexibility index (Phi) is 9.45. The number of piperidine rings is 1. The van der Waals surface area contributed by atoms with Crippen molar-refractivity contribution in [1.82, 2.24) is 14.9 Å². The zero-order valence-corrected chi connectivity index (χ0v) is 22.2. The average Bonchev–Trinajstić information content (AvgIpc) is 2.87. The topological polar surface area (TPSA) is 133 Å². The molecule has 0 spiro atoms. The molecule has 2 atom stereocenters. The van der Waals surface area contributed by atoms with Gasteiger partial charge in [-0.15, -0.1) is 0 Å². The number of nitrogens with one attached hydrogen (secondary N) is 2. The van der Waals surface area contributed by atoms with Crippen molar-refractivity contribution in [3.63, 3.8) is 0 Å². The van der Waals surface area contributed by atoms with E-state index in [-0.39, 0.29) is 42.1 Å². The Morgan fingerprint density at radius 3 is 2.14 bits per heavy atom. The highest BCUT2D eigenvalue weighted by Crippen LogP contribution is 2.21. The molecule has 0 radical (unpaired) electrons. The molecule has 1 saturated heterocycles. The van der Waals surface area contributed by atoms with Crippen molar-refractivity contribution < 1.29 is 27.9 Å². The number of aliphatic carboxylic acids is 1. The third-order valence-electron chi connectivity index (χ3n) is 6.62. The number of rotatable bonds is 10. The van der Waals surface area contributed by atoms with Crippen LogP contribution in [-0.2, 0) is 30.8 Å². The molecule has 37 heavy (non-hydrogen) atoms. The van der Waals surface area contributed by atoms with E-state index < -0.39 is 34.0 Å². The van der Waals surface area contributed by atoms with E-state index in [1.54, 1.807) is 30.9 Å². The Morgan fingerprint density at radius 2 is 1.59 bits per heavy atom. The Balaban J connectivity index is 1.59. The number of carbonyl (C=O) groups excluding carboxylic acids is 2. The average molecular weight is 530 g/mol. The van der Waals surface area contributed by atoms with Crippen LogP contribution in [0, 0.1) is 18.8 Å². The van der Waals surface area contributed by atoms with E-state index >= 15 is 0 Å². The van der Waals surface area contributed by atoms with E-state index in [0.717, 1.165) is 11.1 Å². The first-order valence-corrected chi connectivity index (χ1v) is 13.9. The summed E-state index contributed by atoms with van der Waals surface area (Å²) in [5, 5.41) is 12.2. The summed E-state index contributed by atoms with van der Waals surface area (Å²) < 4.78 is 28.3. The second-order valence-corrected chi connectivity index (χ2v) is 11.6. The van der Waals surface area contributed by atoms with Crippen molar-refractivity contribution in [2.75, 3.05) is 13.1 Å². The maximum absolute atomic E-state index is 13.3. The lowest BCUT2D eigenvalue weighted by molar-refractivity contribution is -0.143. The van der Waals surface area contributed by atoms with Crippen LogP contribution in [0.2, 0.25) is 0 Å². The Morgan fingerprint density at radius 1 is 1.00 bits per heavy atom. The number of aryl methyl sites for hydroxylation is 1. The molecule has 0 aliphatic carbocycles. The van der Waals surface area contributed by atoms with Gasteiger partial charge < -0.3 is 15.3 Å². The van der Waals surface area contributed by atoms with Crippen LogP contribution in [0.3, 0.4) is 0 Å². The molecule has 0 aromatic heterocycles. The molecule has 1 heterocycles. The van der Waals surface area contributed by atoms with Crippen LogP contribution >= 0.6 is 0 Å². The van der Waals surface area contributed by atoms with Crippen LogP contribution in [0.15, 0.2) is 59.5 Å². The van der Waals surface area contributed by atoms with Gasteiger partial charge >= 0.3 is 5.97 Å². The molecular formula is C27H35N3O6S. The van der Waals surface area contributed by atoms with Crippen LogP contribution < -0.4 is 10.0 Å². The monoisotopic (exact) mass is 529 g/mol. The van der Waals surface area contributed by atoms with Crippen LogP contribution in [-0.4, -0.2) is 61.4 Å². The summed E-state index contributed by atoms with van der Waals surface area (Å²) in [5.41, 5.74) is 1.74. The molecule has 3 rings (SSSR count). The van der Waals surface area contributed by atoms with Gasteiger partial charge in [-0.1, -0.05) is 61.9 Å². The number of benzene rings is 2. The number of hydrogen-bond acceptors (Lipinski definition) is 5. The summed E-state index contributed by atoms with van der Waals surface area (Å²) in [4.78, 5) is 39.5. The first-order chi connectivity index (χ1) is 17.5. The van der Waals surface area contributed by atoms with E-state index in [9.17, 15) is 27.9 Å². The summed E-state index contributed by atoms with van der Waals surface area (Å²) in [6, 6.07) is 13.5. The Labute approximate surface area is 218 Å². The predicted molar refractivity (Wildman–Crippen MR) is 139 cm³/mol. The zero-order chi connectivity index (χ0) is 27.2. The van der Waals surface area contributed by atoms with Gasteiger partial charge in [0.15, 0.2) is 0 Å². The van der Waals surface area contributed by atoms with Gasteiger partial charge in [0.2, 0.25) is 21.8 Å². The molecule has 200 valence electrons.